The quantitative estimate of drug-likeness (QED) is 0.519. The highest BCUT2D eigenvalue weighted by Crippen LogP contribution is 1.98. The van der Waals surface area contributed by atoms with Crippen LogP contribution in [0.1, 0.15) is 18.4 Å². The van der Waals surface area contributed by atoms with E-state index in [0.29, 0.717) is 13.0 Å². The Labute approximate surface area is 121 Å². The fraction of sp³-hybridized carbons (Fsp3) is 0.385. The number of aromatic nitrogens is 1. The van der Waals surface area contributed by atoms with Crippen LogP contribution in [0.4, 0.5) is 4.79 Å². The average molecular weight is 294 g/mol. The van der Waals surface area contributed by atoms with Gasteiger partial charge in [-0.3, -0.25) is 9.78 Å². The van der Waals surface area contributed by atoms with E-state index < -0.39 is 23.9 Å². The number of nitrogens with one attached hydrogen (secondary N) is 2. The van der Waals surface area contributed by atoms with E-state index in [9.17, 15) is 14.4 Å². The second-order valence-corrected chi connectivity index (χ2v) is 4.40. The predicted molar refractivity (Wildman–Crippen MR) is 74.3 cm³/mol. The summed E-state index contributed by atoms with van der Waals surface area (Å²) in [6.07, 6.45) is 3.77. The number of nitrogens with zero attached hydrogens (tertiary/aromatic N) is 1. The number of carboxylic acids is 1. The molecule has 5 N–H and O–H groups in total. The second kappa shape index (κ2) is 8.51. The first kappa shape index (κ1) is 16.4. The first-order valence-corrected chi connectivity index (χ1v) is 6.43. The summed E-state index contributed by atoms with van der Waals surface area (Å²) in [5.41, 5.74) is 5.96. The highest BCUT2D eigenvalue weighted by Gasteiger charge is 2.20. The summed E-state index contributed by atoms with van der Waals surface area (Å²) in [4.78, 5) is 37.0. The number of nitrogens with two attached hydrogens (primary N) is 1. The summed E-state index contributed by atoms with van der Waals surface area (Å²) < 4.78 is 0. The van der Waals surface area contributed by atoms with Crippen molar-refractivity contribution in [3.05, 3.63) is 30.1 Å². The monoisotopic (exact) mass is 294 g/mol. The minimum absolute atomic E-state index is 0.0392. The van der Waals surface area contributed by atoms with Crippen LogP contribution in [0.25, 0.3) is 0 Å². The van der Waals surface area contributed by atoms with Crippen molar-refractivity contribution >= 4 is 17.9 Å². The molecule has 3 amide bonds. The van der Waals surface area contributed by atoms with Crippen molar-refractivity contribution in [2.45, 2.75) is 25.3 Å². The molecule has 0 saturated heterocycles. The van der Waals surface area contributed by atoms with Crippen molar-refractivity contribution in [3.8, 4) is 0 Å². The number of urea groups is 1. The summed E-state index contributed by atoms with van der Waals surface area (Å²) >= 11 is 0. The Balaban J connectivity index is 2.33. The first-order valence-electron chi connectivity index (χ1n) is 6.43. The van der Waals surface area contributed by atoms with Crippen LogP contribution < -0.4 is 16.4 Å². The molecule has 0 aliphatic heterocycles. The van der Waals surface area contributed by atoms with Crippen molar-refractivity contribution in [2.24, 2.45) is 5.73 Å². The van der Waals surface area contributed by atoms with Crippen LogP contribution in [0.5, 0.6) is 0 Å². The van der Waals surface area contributed by atoms with Gasteiger partial charge < -0.3 is 21.5 Å². The number of carboxylic acid groups (broad SMARTS) is 1. The third-order valence-electron chi connectivity index (χ3n) is 2.73. The van der Waals surface area contributed by atoms with Crippen molar-refractivity contribution in [1.82, 2.24) is 15.6 Å². The lowest BCUT2D eigenvalue weighted by Crippen LogP contribution is -2.46. The van der Waals surface area contributed by atoms with Crippen LogP contribution in [0.3, 0.4) is 0 Å². The number of hydrogen-bond donors (Lipinski definition) is 4. The zero-order chi connectivity index (χ0) is 15.7. The molecule has 1 aromatic rings. The lowest BCUT2D eigenvalue weighted by atomic mass is 10.1. The normalized spacial score (nSPS) is 11.4. The van der Waals surface area contributed by atoms with Gasteiger partial charge in [-0.25, -0.2) is 9.59 Å². The minimum Gasteiger partial charge on any atom is -0.480 e. The molecule has 1 aromatic heterocycles. The van der Waals surface area contributed by atoms with Gasteiger partial charge in [-0.2, -0.15) is 0 Å². The highest BCUT2D eigenvalue weighted by molar-refractivity contribution is 5.83. The zero-order valence-electron chi connectivity index (χ0n) is 11.4. The SMILES string of the molecule is NC(=O)CC[C@H](NC(=O)NCCc1ccncc1)C(=O)O. The number of carbonyl (C=O) groups excluding carboxylic acids is 2. The minimum atomic E-state index is -1.21. The van der Waals surface area contributed by atoms with Gasteiger partial charge in [0.25, 0.3) is 0 Å². The van der Waals surface area contributed by atoms with Crippen LogP contribution in [0.2, 0.25) is 0 Å². The molecule has 0 aromatic carbocycles. The molecule has 1 rings (SSSR count). The van der Waals surface area contributed by atoms with Gasteiger partial charge in [-0.1, -0.05) is 0 Å². The standard InChI is InChI=1S/C13H18N4O4/c14-11(18)2-1-10(12(19)20)17-13(21)16-8-5-9-3-6-15-7-4-9/h3-4,6-7,10H,1-2,5,8H2,(H2,14,18)(H,19,20)(H2,16,17,21)/t10-/m0/s1. The van der Waals surface area contributed by atoms with Crippen molar-refractivity contribution < 1.29 is 19.5 Å². The topological polar surface area (TPSA) is 134 Å². The van der Waals surface area contributed by atoms with E-state index >= 15 is 0 Å². The summed E-state index contributed by atoms with van der Waals surface area (Å²) in [5, 5.41) is 13.8. The van der Waals surface area contributed by atoms with Gasteiger partial charge in [0.2, 0.25) is 5.91 Å². The molecule has 0 saturated carbocycles. The van der Waals surface area contributed by atoms with Crippen LogP contribution in [-0.2, 0) is 16.0 Å². The third-order valence-corrected chi connectivity index (χ3v) is 2.73. The Morgan fingerprint density at radius 1 is 1.29 bits per heavy atom. The van der Waals surface area contributed by atoms with Crippen LogP contribution in [0, 0.1) is 0 Å². The molecule has 0 aliphatic rings. The Kier molecular flexibility index (Phi) is 6.66. The van der Waals surface area contributed by atoms with Crippen molar-refractivity contribution in [2.75, 3.05) is 6.54 Å². The maximum atomic E-state index is 11.6. The van der Waals surface area contributed by atoms with E-state index in [2.05, 4.69) is 15.6 Å². The molecule has 21 heavy (non-hydrogen) atoms. The molecule has 0 aliphatic carbocycles. The van der Waals surface area contributed by atoms with Crippen LogP contribution >= 0.6 is 0 Å². The van der Waals surface area contributed by atoms with Gasteiger partial charge in [0, 0.05) is 25.4 Å². The molecule has 0 spiro atoms. The predicted octanol–water partition coefficient (Wildman–Crippen LogP) is -0.358. The van der Waals surface area contributed by atoms with Gasteiger partial charge in [-0.15, -0.1) is 0 Å². The van der Waals surface area contributed by atoms with E-state index in [1.807, 2.05) is 12.1 Å². The molecule has 0 bridgehead atoms. The lowest BCUT2D eigenvalue weighted by molar-refractivity contribution is -0.139. The fourth-order valence-corrected chi connectivity index (χ4v) is 1.62. The fourth-order valence-electron chi connectivity index (χ4n) is 1.62. The van der Waals surface area contributed by atoms with E-state index in [-0.39, 0.29) is 12.8 Å². The molecular weight excluding hydrogens is 276 g/mol. The maximum absolute atomic E-state index is 11.6. The van der Waals surface area contributed by atoms with Crippen molar-refractivity contribution in [3.63, 3.8) is 0 Å². The molecule has 0 fully saturated rings. The van der Waals surface area contributed by atoms with Gasteiger partial charge in [-0.05, 0) is 30.5 Å². The number of amides is 3. The molecule has 8 nitrogen and oxygen atoms in total. The summed E-state index contributed by atoms with van der Waals surface area (Å²) in [7, 11) is 0. The number of pyridine rings is 1. The van der Waals surface area contributed by atoms with E-state index in [0.717, 1.165) is 5.56 Å². The van der Waals surface area contributed by atoms with E-state index in [4.69, 9.17) is 10.8 Å². The molecule has 1 atom stereocenters. The largest absolute Gasteiger partial charge is 0.480 e. The molecule has 114 valence electrons. The number of primary amides is 1. The Hall–Kier alpha value is -2.64. The molecule has 0 radical (unpaired) electrons. The van der Waals surface area contributed by atoms with E-state index in [1.165, 1.54) is 0 Å². The summed E-state index contributed by atoms with van der Waals surface area (Å²) in [6.45, 7) is 0.359. The van der Waals surface area contributed by atoms with Gasteiger partial charge in [0.1, 0.15) is 6.04 Å². The van der Waals surface area contributed by atoms with Gasteiger partial charge in [0.15, 0.2) is 0 Å². The molecule has 1 heterocycles. The van der Waals surface area contributed by atoms with E-state index in [1.54, 1.807) is 12.4 Å². The smallest absolute Gasteiger partial charge is 0.326 e. The maximum Gasteiger partial charge on any atom is 0.326 e. The molecule has 0 unspecified atom stereocenters. The Bertz CT molecular complexity index is 492. The Morgan fingerprint density at radius 3 is 2.52 bits per heavy atom. The number of aliphatic carboxylic acids is 1. The van der Waals surface area contributed by atoms with Gasteiger partial charge >= 0.3 is 12.0 Å². The molecular formula is C13H18N4O4. The number of hydrogen-bond acceptors (Lipinski definition) is 4. The summed E-state index contributed by atoms with van der Waals surface area (Å²) in [6, 6.07) is 1.92. The second-order valence-electron chi connectivity index (χ2n) is 4.40. The lowest BCUT2D eigenvalue weighted by Gasteiger charge is -2.14. The number of rotatable bonds is 8. The zero-order valence-corrected chi connectivity index (χ0v) is 11.4. The molecule has 8 heteroatoms. The summed E-state index contributed by atoms with van der Waals surface area (Å²) in [5.74, 6) is -1.82. The third kappa shape index (κ3) is 6.90. The van der Waals surface area contributed by atoms with Crippen molar-refractivity contribution in [1.29, 1.82) is 0 Å². The van der Waals surface area contributed by atoms with Crippen LogP contribution in [0.15, 0.2) is 24.5 Å². The Morgan fingerprint density at radius 2 is 1.95 bits per heavy atom. The first-order chi connectivity index (χ1) is 9.99. The number of carbonyl (C=O) groups is 3. The highest BCUT2D eigenvalue weighted by atomic mass is 16.4. The average Bonchev–Trinajstić information content (AvgIpc) is 2.44. The van der Waals surface area contributed by atoms with Crippen LogP contribution in [-0.4, -0.2) is 40.6 Å². The van der Waals surface area contributed by atoms with Gasteiger partial charge in [0.05, 0.1) is 0 Å².